The second kappa shape index (κ2) is 9.49. The van der Waals surface area contributed by atoms with Gasteiger partial charge in [0, 0.05) is 35.1 Å². The van der Waals surface area contributed by atoms with Crippen molar-refractivity contribution in [2.75, 3.05) is 18.0 Å². The van der Waals surface area contributed by atoms with Gasteiger partial charge in [0.05, 0.1) is 16.4 Å². The number of aliphatic imine (C=N–C) groups is 3. The van der Waals surface area contributed by atoms with Gasteiger partial charge in [0.1, 0.15) is 5.71 Å². The molecule has 2 aromatic carbocycles. The number of aromatic nitrogens is 2. The van der Waals surface area contributed by atoms with Crippen LogP contribution in [-0.2, 0) is 0 Å². The van der Waals surface area contributed by atoms with E-state index in [-0.39, 0.29) is 0 Å². The van der Waals surface area contributed by atoms with Crippen LogP contribution in [0.25, 0.3) is 0 Å². The van der Waals surface area contributed by atoms with E-state index in [0.29, 0.717) is 27.6 Å². The fraction of sp³-hybridized carbons (Fsp3) is 0.280. The number of hydrogen-bond donors (Lipinski definition) is 0. The van der Waals surface area contributed by atoms with Gasteiger partial charge in [-0.25, -0.2) is 14.7 Å². The van der Waals surface area contributed by atoms with E-state index in [1.165, 1.54) is 5.69 Å². The van der Waals surface area contributed by atoms with E-state index in [1.807, 2.05) is 32.0 Å². The SMILES string of the molecule is CCN(CC)c1ccc(N=C2N=C(n3nc(C)cc3C)N=C2c2ccc(Cl)cc2Cl)c(C)c1. The molecule has 0 fully saturated rings. The molecule has 6 nitrogen and oxygen atoms in total. The Morgan fingerprint density at radius 1 is 0.939 bits per heavy atom. The summed E-state index contributed by atoms with van der Waals surface area (Å²) in [6.07, 6.45) is 0. The third-order valence-corrected chi connectivity index (χ3v) is 6.10. The van der Waals surface area contributed by atoms with Gasteiger partial charge in [-0.05, 0) is 82.6 Å². The molecule has 0 radical (unpaired) electrons. The molecular formula is C25H26Cl2N6. The lowest BCUT2D eigenvalue weighted by atomic mass is 10.1. The van der Waals surface area contributed by atoms with Crippen LogP contribution in [0, 0.1) is 20.8 Å². The lowest BCUT2D eigenvalue weighted by molar-refractivity contribution is 0.865. The van der Waals surface area contributed by atoms with Crippen LogP contribution in [0.4, 0.5) is 11.4 Å². The molecule has 0 aliphatic carbocycles. The van der Waals surface area contributed by atoms with Crippen LogP contribution in [0.1, 0.15) is 36.4 Å². The fourth-order valence-corrected chi connectivity index (χ4v) is 4.35. The molecule has 0 atom stereocenters. The van der Waals surface area contributed by atoms with Gasteiger partial charge < -0.3 is 4.90 Å². The van der Waals surface area contributed by atoms with E-state index in [4.69, 9.17) is 38.2 Å². The molecule has 0 amide bonds. The Kier molecular flexibility index (Phi) is 6.68. The zero-order chi connectivity index (χ0) is 23.7. The number of amidine groups is 1. The molecule has 0 unspecified atom stereocenters. The third kappa shape index (κ3) is 4.72. The smallest absolute Gasteiger partial charge is 0.253 e. The summed E-state index contributed by atoms with van der Waals surface area (Å²) in [5, 5.41) is 5.58. The molecule has 3 aromatic rings. The molecule has 1 aliphatic heterocycles. The van der Waals surface area contributed by atoms with Crippen molar-refractivity contribution in [3.05, 3.63) is 75.0 Å². The molecule has 2 heterocycles. The van der Waals surface area contributed by atoms with Gasteiger partial charge in [-0.15, -0.1) is 0 Å². The summed E-state index contributed by atoms with van der Waals surface area (Å²) in [6.45, 7) is 12.2. The Morgan fingerprint density at radius 3 is 2.30 bits per heavy atom. The molecule has 0 saturated heterocycles. The summed E-state index contributed by atoms with van der Waals surface area (Å²) in [4.78, 5) is 16.7. The Bertz CT molecular complexity index is 1300. The maximum Gasteiger partial charge on any atom is 0.253 e. The van der Waals surface area contributed by atoms with Crippen molar-refractivity contribution < 1.29 is 0 Å². The van der Waals surface area contributed by atoms with Gasteiger partial charge >= 0.3 is 0 Å². The largest absolute Gasteiger partial charge is 0.372 e. The predicted octanol–water partition coefficient (Wildman–Crippen LogP) is 6.40. The molecule has 0 bridgehead atoms. The first kappa shape index (κ1) is 23.2. The summed E-state index contributed by atoms with van der Waals surface area (Å²) in [7, 11) is 0. The first-order valence-electron chi connectivity index (χ1n) is 10.9. The Labute approximate surface area is 204 Å². The number of hydrogen-bond acceptors (Lipinski definition) is 4. The van der Waals surface area contributed by atoms with Gasteiger partial charge in [-0.2, -0.15) is 10.1 Å². The molecule has 1 aromatic heterocycles. The predicted molar refractivity (Wildman–Crippen MR) is 139 cm³/mol. The maximum atomic E-state index is 6.53. The van der Waals surface area contributed by atoms with Crippen LogP contribution in [0.3, 0.4) is 0 Å². The van der Waals surface area contributed by atoms with Crippen LogP contribution in [0.2, 0.25) is 10.0 Å². The van der Waals surface area contributed by atoms with Crippen molar-refractivity contribution in [3.63, 3.8) is 0 Å². The highest BCUT2D eigenvalue weighted by atomic mass is 35.5. The van der Waals surface area contributed by atoms with Crippen LogP contribution in [-0.4, -0.2) is 40.4 Å². The molecule has 0 N–H and O–H groups in total. The second-order valence-corrected chi connectivity index (χ2v) is 8.76. The molecule has 1 aliphatic rings. The van der Waals surface area contributed by atoms with Gasteiger partial charge in [0.25, 0.3) is 5.96 Å². The molecule has 0 saturated carbocycles. The molecule has 8 heteroatoms. The third-order valence-electron chi connectivity index (χ3n) is 5.55. The van der Waals surface area contributed by atoms with E-state index in [1.54, 1.807) is 16.8 Å². The van der Waals surface area contributed by atoms with Crippen molar-refractivity contribution in [1.29, 1.82) is 0 Å². The number of benzene rings is 2. The van der Waals surface area contributed by atoms with Crippen LogP contribution in [0.5, 0.6) is 0 Å². The fourth-order valence-electron chi connectivity index (χ4n) is 3.85. The molecular weight excluding hydrogens is 455 g/mol. The van der Waals surface area contributed by atoms with E-state index in [0.717, 1.165) is 41.3 Å². The molecule has 0 spiro atoms. The molecule has 170 valence electrons. The minimum absolute atomic E-state index is 0.456. The number of anilines is 1. The number of aryl methyl sites for hydroxylation is 3. The zero-order valence-electron chi connectivity index (χ0n) is 19.4. The van der Waals surface area contributed by atoms with E-state index >= 15 is 0 Å². The van der Waals surface area contributed by atoms with E-state index < -0.39 is 0 Å². The second-order valence-electron chi connectivity index (χ2n) is 7.91. The van der Waals surface area contributed by atoms with Gasteiger partial charge in [-0.3, -0.25) is 0 Å². The van der Waals surface area contributed by atoms with Gasteiger partial charge in [-0.1, -0.05) is 23.2 Å². The Morgan fingerprint density at radius 2 is 1.70 bits per heavy atom. The lowest BCUT2D eigenvalue weighted by Crippen LogP contribution is -2.21. The number of rotatable bonds is 5. The lowest BCUT2D eigenvalue weighted by Gasteiger charge is -2.21. The van der Waals surface area contributed by atoms with Gasteiger partial charge in [0.2, 0.25) is 0 Å². The minimum atomic E-state index is 0.456. The van der Waals surface area contributed by atoms with E-state index in [2.05, 4.69) is 42.9 Å². The molecule has 33 heavy (non-hydrogen) atoms. The standard InChI is InChI=1S/C25H26Cl2N6/c1-6-32(7-2)19-9-11-22(15(3)12-19)28-24-23(20-10-8-18(26)14-21(20)27)29-25(30-24)33-17(5)13-16(4)31-33/h8-14H,6-7H2,1-5H3. The number of nitrogens with zero attached hydrogens (tertiary/aromatic N) is 6. The average molecular weight is 481 g/mol. The highest BCUT2D eigenvalue weighted by Crippen LogP contribution is 2.28. The average Bonchev–Trinajstić information content (AvgIpc) is 3.33. The van der Waals surface area contributed by atoms with Crippen LogP contribution >= 0.6 is 23.2 Å². The Balaban J connectivity index is 1.82. The highest BCUT2D eigenvalue weighted by molar-refractivity contribution is 6.55. The normalized spacial score (nSPS) is 14.6. The van der Waals surface area contributed by atoms with Gasteiger partial charge in [0.15, 0.2) is 5.84 Å². The summed E-state index contributed by atoms with van der Waals surface area (Å²) in [5.41, 5.74) is 6.21. The van der Waals surface area contributed by atoms with Crippen molar-refractivity contribution in [2.45, 2.75) is 34.6 Å². The van der Waals surface area contributed by atoms with Crippen LogP contribution < -0.4 is 4.90 Å². The first-order chi connectivity index (χ1) is 15.8. The monoisotopic (exact) mass is 480 g/mol. The van der Waals surface area contributed by atoms with Crippen molar-refractivity contribution >= 4 is 52.1 Å². The zero-order valence-corrected chi connectivity index (χ0v) is 20.9. The topological polar surface area (TPSA) is 58.1 Å². The number of halogens is 2. The van der Waals surface area contributed by atoms with Crippen molar-refractivity contribution in [2.24, 2.45) is 15.0 Å². The summed E-state index contributed by atoms with van der Waals surface area (Å²) in [6, 6.07) is 13.6. The highest BCUT2D eigenvalue weighted by Gasteiger charge is 2.25. The maximum absolute atomic E-state index is 6.53. The minimum Gasteiger partial charge on any atom is -0.372 e. The van der Waals surface area contributed by atoms with Crippen molar-refractivity contribution in [3.8, 4) is 0 Å². The summed E-state index contributed by atoms with van der Waals surface area (Å²) in [5.74, 6) is 0.943. The molecule has 4 rings (SSSR count). The van der Waals surface area contributed by atoms with Crippen LogP contribution in [0.15, 0.2) is 57.4 Å². The summed E-state index contributed by atoms with van der Waals surface area (Å²) >= 11 is 12.6. The quantitative estimate of drug-likeness (QED) is 0.424. The van der Waals surface area contributed by atoms with E-state index in [9.17, 15) is 0 Å². The summed E-state index contributed by atoms with van der Waals surface area (Å²) < 4.78 is 1.72. The Hall–Kier alpha value is -2.96. The van der Waals surface area contributed by atoms with Crippen molar-refractivity contribution in [1.82, 2.24) is 9.78 Å². The first-order valence-corrected chi connectivity index (χ1v) is 11.7.